The van der Waals surface area contributed by atoms with Crippen LogP contribution in [0.1, 0.15) is 20.9 Å². The first-order valence-corrected chi connectivity index (χ1v) is 10.6. The summed E-state index contributed by atoms with van der Waals surface area (Å²) in [5, 5.41) is 3.61. The molecule has 0 saturated carbocycles. The van der Waals surface area contributed by atoms with Crippen LogP contribution in [-0.2, 0) is 6.54 Å². The Morgan fingerprint density at radius 2 is 1.84 bits per heavy atom. The normalized spacial score (nSPS) is 10.7. The van der Waals surface area contributed by atoms with E-state index in [4.69, 9.17) is 4.74 Å². The van der Waals surface area contributed by atoms with Gasteiger partial charge in [-0.2, -0.15) is 0 Å². The van der Waals surface area contributed by atoms with Crippen molar-refractivity contribution in [2.45, 2.75) is 13.5 Å². The number of carbonyl (C=O) groups is 1. The van der Waals surface area contributed by atoms with Crippen LogP contribution in [0.4, 0.5) is 0 Å². The lowest BCUT2D eigenvalue weighted by molar-refractivity contribution is 0.0949. The molecule has 0 fully saturated rings. The van der Waals surface area contributed by atoms with Crippen molar-refractivity contribution in [2.75, 3.05) is 7.11 Å². The van der Waals surface area contributed by atoms with Crippen molar-refractivity contribution in [3.05, 3.63) is 97.8 Å². The highest BCUT2D eigenvalue weighted by Gasteiger charge is 2.17. The van der Waals surface area contributed by atoms with Gasteiger partial charge in [-0.15, -0.1) is 11.3 Å². The molecule has 2 aromatic carbocycles. The number of rotatable bonds is 6. The van der Waals surface area contributed by atoms with Crippen LogP contribution in [0.5, 0.6) is 5.75 Å². The van der Waals surface area contributed by atoms with Crippen molar-refractivity contribution < 1.29 is 9.53 Å². The second-order valence-electron chi connectivity index (χ2n) is 6.92. The molecule has 9 heteroatoms. The third kappa shape index (κ3) is 4.23. The predicted molar refractivity (Wildman–Crippen MR) is 123 cm³/mol. The second kappa shape index (κ2) is 9.03. The Kier molecular flexibility index (Phi) is 6.00. The Labute approximate surface area is 187 Å². The van der Waals surface area contributed by atoms with E-state index < -0.39 is 17.2 Å². The number of H-pyrrole nitrogens is 1. The van der Waals surface area contributed by atoms with Crippen LogP contribution in [-0.4, -0.2) is 27.6 Å². The lowest BCUT2D eigenvalue weighted by atomic mass is 10.2. The van der Waals surface area contributed by atoms with Crippen LogP contribution >= 0.6 is 11.3 Å². The Morgan fingerprint density at radius 1 is 1.12 bits per heavy atom. The van der Waals surface area contributed by atoms with Gasteiger partial charge < -0.3 is 15.0 Å². The molecule has 4 aromatic rings. The number of methoxy groups -OCH3 is 1. The van der Waals surface area contributed by atoms with Crippen molar-refractivity contribution in [1.29, 1.82) is 0 Å². The van der Waals surface area contributed by atoms with Gasteiger partial charge in [0, 0.05) is 16.6 Å². The third-order valence-corrected chi connectivity index (χ3v) is 6.08. The van der Waals surface area contributed by atoms with E-state index in [1.165, 1.54) is 18.4 Å². The summed E-state index contributed by atoms with van der Waals surface area (Å²) in [6.07, 6.45) is 1.13. The summed E-state index contributed by atoms with van der Waals surface area (Å²) in [5.41, 5.74) is 0.640. The largest absolute Gasteiger partial charge is 0.497 e. The van der Waals surface area contributed by atoms with E-state index in [-0.39, 0.29) is 12.1 Å². The van der Waals surface area contributed by atoms with Crippen molar-refractivity contribution >= 4 is 17.2 Å². The molecule has 0 aliphatic rings. The number of aryl methyl sites for hydroxylation is 1. The zero-order chi connectivity index (χ0) is 22.7. The maximum atomic E-state index is 12.9. The molecule has 2 N–H and O–H groups in total. The number of benzene rings is 2. The first kappa shape index (κ1) is 21.3. The van der Waals surface area contributed by atoms with Gasteiger partial charge in [0.2, 0.25) is 0 Å². The molecular weight excluding hydrogens is 428 g/mol. The van der Waals surface area contributed by atoms with Gasteiger partial charge in [-0.3, -0.25) is 9.59 Å². The van der Waals surface area contributed by atoms with E-state index in [1.807, 2.05) is 37.3 Å². The van der Waals surface area contributed by atoms with Gasteiger partial charge in [-0.1, -0.05) is 30.3 Å². The summed E-state index contributed by atoms with van der Waals surface area (Å²) in [4.78, 5) is 45.8. The molecule has 0 aliphatic carbocycles. The Morgan fingerprint density at radius 3 is 2.53 bits per heavy atom. The first-order chi connectivity index (χ1) is 15.5. The molecule has 4 rings (SSSR count). The van der Waals surface area contributed by atoms with Crippen LogP contribution in [0.15, 0.2) is 70.4 Å². The van der Waals surface area contributed by atoms with Gasteiger partial charge in [-0.25, -0.2) is 14.3 Å². The smallest absolute Gasteiger partial charge is 0.333 e. The van der Waals surface area contributed by atoms with E-state index in [0.29, 0.717) is 11.4 Å². The topological polar surface area (TPSA) is 106 Å². The minimum atomic E-state index is -0.706. The molecule has 0 aliphatic heterocycles. The minimum absolute atomic E-state index is 0.161. The Balaban J connectivity index is 1.56. The standard InChI is InChI=1S/C23H20N4O4S/c1-14-19(32-21(26-14)15-6-4-3-5-7-15)13-24-20(28)18-12-25-23(30)27(22(18)29)16-8-10-17(31-2)11-9-16/h3-12H,13H2,1-2H3,(H,24,28)(H,25,30). The van der Waals surface area contributed by atoms with Crippen molar-refractivity contribution in [3.8, 4) is 22.0 Å². The highest BCUT2D eigenvalue weighted by atomic mass is 32.1. The van der Waals surface area contributed by atoms with Crippen molar-refractivity contribution in [1.82, 2.24) is 19.9 Å². The fourth-order valence-corrected chi connectivity index (χ4v) is 4.16. The second-order valence-corrected chi connectivity index (χ2v) is 8.01. The molecule has 32 heavy (non-hydrogen) atoms. The van der Waals surface area contributed by atoms with Crippen LogP contribution in [0.3, 0.4) is 0 Å². The molecular formula is C23H20N4O4S. The van der Waals surface area contributed by atoms with E-state index in [0.717, 1.165) is 31.9 Å². The van der Waals surface area contributed by atoms with E-state index in [1.54, 1.807) is 24.3 Å². The third-order valence-electron chi connectivity index (χ3n) is 4.87. The zero-order valence-corrected chi connectivity index (χ0v) is 18.2. The fourth-order valence-electron chi connectivity index (χ4n) is 3.15. The van der Waals surface area contributed by atoms with Crippen LogP contribution in [0.25, 0.3) is 16.3 Å². The molecule has 0 radical (unpaired) electrons. The molecule has 162 valence electrons. The number of aromatic amines is 1. The monoisotopic (exact) mass is 448 g/mol. The Bertz CT molecular complexity index is 1370. The number of thiazole rings is 1. The lowest BCUT2D eigenvalue weighted by Gasteiger charge is -2.08. The molecule has 1 amide bonds. The van der Waals surface area contributed by atoms with E-state index in [9.17, 15) is 14.4 Å². The average molecular weight is 449 g/mol. The molecule has 0 unspecified atom stereocenters. The number of ether oxygens (including phenoxy) is 1. The van der Waals surface area contributed by atoms with Gasteiger partial charge in [0.25, 0.3) is 11.5 Å². The SMILES string of the molecule is COc1ccc(-n2c(=O)[nH]cc(C(=O)NCc3sc(-c4ccccc4)nc3C)c2=O)cc1. The molecule has 0 spiro atoms. The number of amides is 1. The summed E-state index contributed by atoms with van der Waals surface area (Å²) in [6.45, 7) is 2.09. The maximum absolute atomic E-state index is 12.9. The van der Waals surface area contributed by atoms with Gasteiger partial charge in [0.1, 0.15) is 16.3 Å². The predicted octanol–water partition coefficient (Wildman–Crippen LogP) is 2.90. The van der Waals surface area contributed by atoms with Gasteiger partial charge in [0.05, 0.1) is 25.0 Å². The summed E-state index contributed by atoms with van der Waals surface area (Å²) in [5.74, 6) is 0.00416. The number of nitrogens with one attached hydrogen (secondary N) is 2. The average Bonchev–Trinajstić information content (AvgIpc) is 3.19. The number of hydrogen-bond acceptors (Lipinski definition) is 6. The molecule has 0 bridgehead atoms. The molecule has 8 nitrogen and oxygen atoms in total. The Hall–Kier alpha value is -3.98. The van der Waals surface area contributed by atoms with E-state index >= 15 is 0 Å². The molecule has 2 heterocycles. The quantitative estimate of drug-likeness (QED) is 0.472. The molecule has 2 aromatic heterocycles. The maximum Gasteiger partial charge on any atom is 0.333 e. The summed E-state index contributed by atoms with van der Waals surface area (Å²) in [6, 6.07) is 16.2. The van der Waals surface area contributed by atoms with Gasteiger partial charge >= 0.3 is 5.69 Å². The summed E-state index contributed by atoms with van der Waals surface area (Å²) >= 11 is 1.48. The number of carbonyl (C=O) groups excluding carboxylic acids is 1. The van der Waals surface area contributed by atoms with Crippen LogP contribution in [0, 0.1) is 6.92 Å². The van der Waals surface area contributed by atoms with Crippen LogP contribution < -0.4 is 21.3 Å². The van der Waals surface area contributed by atoms with Crippen LogP contribution in [0.2, 0.25) is 0 Å². The minimum Gasteiger partial charge on any atom is -0.497 e. The lowest BCUT2D eigenvalue weighted by Crippen LogP contribution is -2.39. The van der Waals surface area contributed by atoms with Crippen molar-refractivity contribution in [2.24, 2.45) is 0 Å². The fraction of sp³-hybridized carbons (Fsp3) is 0.130. The number of hydrogen-bond donors (Lipinski definition) is 2. The first-order valence-electron chi connectivity index (χ1n) is 9.77. The molecule has 0 atom stereocenters. The molecule has 0 saturated heterocycles. The summed E-state index contributed by atoms with van der Waals surface area (Å²) in [7, 11) is 1.52. The zero-order valence-electron chi connectivity index (χ0n) is 17.4. The van der Waals surface area contributed by atoms with Gasteiger partial charge in [-0.05, 0) is 31.2 Å². The number of aromatic nitrogens is 3. The summed E-state index contributed by atoms with van der Waals surface area (Å²) < 4.78 is 6.02. The van der Waals surface area contributed by atoms with E-state index in [2.05, 4.69) is 15.3 Å². The van der Waals surface area contributed by atoms with Gasteiger partial charge in [0.15, 0.2) is 0 Å². The highest BCUT2D eigenvalue weighted by molar-refractivity contribution is 7.15. The number of nitrogens with zero attached hydrogens (tertiary/aromatic N) is 2. The van der Waals surface area contributed by atoms with Crippen molar-refractivity contribution in [3.63, 3.8) is 0 Å². The highest BCUT2D eigenvalue weighted by Crippen LogP contribution is 2.27.